The van der Waals surface area contributed by atoms with Crippen molar-refractivity contribution in [3.05, 3.63) is 0 Å². The summed E-state index contributed by atoms with van der Waals surface area (Å²) in [6.07, 6.45) is 8.86. The van der Waals surface area contributed by atoms with Crippen molar-refractivity contribution in [1.29, 1.82) is 5.26 Å². The normalized spacial score (nSPS) is 30.4. The monoisotopic (exact) mass is 191 g/mol. The lowest BCUT2D eigenvalue weighted by Gasteiger charge is -2.46. The molecule has 78 valence electrons. The molecule has 0 spiro atoms. The van der Waals surface area contributed by atoms with Crippen LogP contribution in [0.3, 0.4) is 0 Å². The quantitative estimate of drug-likeness (QED) is 0.616. The van der Waals surface area contributed by atoms with Gasteiger partial charge in [-0.25, -0.2) is 0 Å². The summed E-state index contributed by atoms with van der Waals surface area (Å²) in [6, 6.07) is 2.61. The van der Waals surface area contributed by atoms with Crippen molar-refractivity contribution >= 4 is 0 Å². The molecule has 0 bridgehead atoms. The molecule has 0 aromatic rings. The second-order valence-electron chi connectivity index (χ2n) is 6.06. The zero-order valence-corrected chi connectivity index (χ0v) is 9.47. The van der Waals surface area contributed by atoms with Gasteiger partial charge in [0.25, 0.3) is 0 Å². The first kappa shape index (κ1) is 10.0. The molecule has 2 fully saturated rings. The van der Waals surface area contributed by atoms with E-state index in [1.807, 2.05) is 0 Å². The van der Waals surface area contributed by atoms with E-state index in [1.165, 1.54) is 44.9 Å². The summed E-state index contributed by atoms with van der Waals surface area (Å²) in [5, 5.41) is 9.27. The maximum Gasteiger partial charge on any atom is 0.0692 e. The van der Waals surface area contributed by atoms with Crippen LogP contribution in [-0.2, 0) is 0 Å². The van der Waals surface area contributed by atoms with Gasteiger partial charge in [-0.15, -0.1) is 0 Å². The molecule has 0 unspecified atom stereocenters. The van der Waals surface area contributed by atoms with E-state index in [2.05, 4.69) is 19.9 Å². The van der Waals surface area contributed by atoms with Crippen LogP contribution in [0.1, 0.15) is 58.8 Å². The molecule has 14 heavy (non-hydrogen) atoms. The van der Waals surface area contributed by atoms with E-state index >= 15 is 0 Å². The molecule has 0 atom stereocenters. The van der Waals surface area contributed by atoms with Gasteiger partial charge in [-0.1, -0.05) is 20.3 Å². The molecule has 0 saturated heterocycles. The largest absolute Gasteiger partial charge is 0.198 e. The smallest absolute Gasteiger partial charge is 0.0692 e. The number of nitrogens with zero attached hydrogens (tertiary/aromatic N) is 1. The lowest BCUT2D eigenvalue weighted by molar-refractivity contribution is 0.0530. The summed E-state index contributed by atoms with van der Waals surface area (Å²) < 4.78 is 0. The van der Waals surface area contributed by atoms with Gasteiger partial charge >= 0.3 is 0 Å². The van der Waals surface area contributed by atoms with Gasteiger partial charge < -0.3 is 0 Å². The maximum absolute atomic E-state index is 9.27. The van der Waals surface area contributed by atoms with Crippen molar-refractivity contribution in [2.45, 2.75) is 58.8 Å². The summed E-state index contributed by atoms with van der Waals surface area (Å²) in [7, 11) is 0. The SMILES string of the molecule is CC1(C)CCC(C2(C#N)CCC2)CC1. The van der Waals surface area contributed by atoms with Gasteiger partial charge in [-0.2, -0.15) is 5.26 Å². The Bertz CT molecular complexity index is 245. The van der Waals surface area contributed by atoms with Gasteiger partial charge in [0.15, 0.2) is 0 Å². The van der Waals surface area contributed by atoms with Crippen LogP contribution in [0.2, 0.25) is 0 Å². The van der Waals surface area contributed by atoms with Crippen molar-refractivity contribution in [1.82, 2.24) is 0 Å². The lowest BCUT2D eigenvalue weighted by atomic mass is 9.56. The van der Waals surface area contributed by atoms with Crippen LogP contribution in [0.25, 0.3) is 0 Å². The Morgan fingerprint density at radius 3 is 2.00 bits per heavy atom. The Morgan fingerprint density at radius 2 is 1.64 bits per heavy atom. The highest BCUT2D eigenvalue weighted by Gasteiger charge is 2.46. The highest BCUT2D eigenvalue weighted by molar-refractivity contribution is 5.09. The maximum atomic E-state index is 9.27. The molecule has 2 aliphatic carbocycles. The topological polar surface area (TPSA) is 23.8 Å². The molecule has 2 saturated carbocycles. The van der Waals surface area contributed by atoms with Crippen molar-refractivity contribution in [3.8, 4) is 6.07 Å². The number of hydrogen-bond donors (Lipinski definition) is 0. The fourth-order valence-corrected chi connectivity index (χ4v) is 3.12. The van der Waals surface area contributed by atoms with E-state index in [-0.39, 0.29) is 5.41 Å². The number of hydrogen-bond acceptors (Lipinski definition) is 1. The molecule has 0 amide bonds. The fourth-order valence-electron chi connectivity index (χ4n) is 3.12. The summed E-state index contributed by atoms with van der Waals surface area (Å²) in [5.74, 6) is 0.717. The van der Waals surface area contributed by atoms with E-state index in [0.29, 0.717) is 11.3 Å². The Balaban J connectivity index is 1.99. The minimum atomic E-state index is 0.108. The Hall–Kier alpha value is -0.510. The van der Waals surface area contributed by atoms with Crippen LogP contribution in [0.15, 0.2) is 0 Å². The first-order valence-corrected chi connectivity index (χ1v) is 5.99. The minimum absolute atomic E-state index is 0.108. The molecule has 0 radical (unpaired) electrons. The summed E-state index contributed by atoms with van der Waals surface area (Å²) in [6.45, 7) is 4.73. The minimum Gasteiger partial charge on any atom is -0.198 e. The predicted octanol–water partition coefficient (Wildman–Crippen LogP) is 3.90. The Kier molecular flexibility index (Phi) is 2.33. The van der Waals surface area contributed by atoms with Crippen LogP contribution in [0, 0.1) is 28.1 Å². The van der Waals surface area contributed by atoms with E-state index in [4.69, 9.17) is 0 Å². The highest BCUT2D eigenvalue weighted by Crippen LogP contribution is 2.53. The van der Waals surface area contributed by atoms with Crippen LogP contribution in [0.4, 0.5) is 0 Å². The third kappa shape index (κ3) is 1.56. The second kappa shape index (κ2) is 3.26. The Labute approximate surface area is 87.5 Å². The van der Waals surface area contributed by atoms with Crippen LogP contribution in [0.5, 0.6) is 0 Å². The van der Waals surface area contributed by atoms with E-state index < -0.39 is 0 Å². The van der Waals surface area contributed by atoms with Crippen LogP contribution >= 0.6 is 0 Å². The Morgan fingerprint density at radius 1 is 1.07 bits per heavy atom. The molecule has 2 rings (SSSR count). The summed E-state index contributed by atoms with van der Waals surface area (Å²) in [5.41, 5.74) is 0.646. The first-order valence-electron chi connectivity index (χ1n) is 5.99. The molecule has 0 N–H and O–H groups in total. The number of nitriles is 1. The lowest BCUT2D eigenvalue weighted by Crippen LogP contribution is -2.39. The van der Waals surface area contributed by atoms with E-state index in [0.717, 1.165) is 0 Å². The third-order valence-electron chi connectivity index (χ3n) is 4.59. The molecule has 1 nitrogen and oxygen atoms in total. The average molecular weight is 191 g/mol. The average Bonchev–Trinajstić information content (AvgIpc) is 2.06. The van der Waals surface area contributed by atoms with Gasteiger partial charge in [-0.05, 0) is 49.9 Å². The predicted molar refractivity (Wildman–Crippen MR) is 57.6 cm³/mol. The first-order chi connectivity index (χ1) is 6.58. The molecule has 2 aliphatic rings. The van der Waals surface area contributed by atoms with E-state index in [9.17, 15) is 5.26 Å². The highest BCUT2D eigenvalue weighted by atomic mass is 14.5. The van der Waals surface area contributed by atoms with Crippen LogP contribution in [-0.4, -0.2) is 0 Å². The standard InChI is InChI=1S/C13H21N/c1-12(2)8-4-11(5-9-12)13(10-14)6-3-7-13/h11H,3-9H2,1-2H3. The molecule has 0 aromatic heterocycles. The molecule has 0 heterocycles. The van der Waals surface area contributed by atoms with Crippen molar-refractivity contribution < 1.29 is 0 Å². The molecule has 0 aliphatic heterocycles. The van der Waals surface area contributed by atoms with Gasteiger partial charge in [0.2, 0.25) is 0 Å². The second-order valence-corrected chi connectivity index (χ2v) is 6.06. The molecular formula is C13H21N. The zero-order chi connectivity index (χ0) is 10.2. The van der Waals surface area contributed by atoms with Gasteiger partial charge in [0.1, 0.15) is 0 Å². The van der Waals surface area contributed by atoms with Crippen molar-refractivity contribution in [3.63, 3.8) is 0 Å². The van der Waals surface area contributed by atoms with Crippen molar-refractivity contribution in [2.24, 2.45) is 16.7 Å². The van der Waals surface area contributed by atoms with Gasteiger partial charge in [-0.3, -0.25) is 0 Å². The molecular weight excluding hydrogens is 170 g/mol. The zero-order valence-electron chi connectivity index (χ0n) is 9.47. The fraction of sp³-hybridized carbons (Fsp3) is 0.923. The van der Waals surface area contributed by atoms with Crippen molar-refractivity contribution in [2.75, 3.05) is 0 Å². The van der Waals surface area contributed by atoms with Gasteiger partial charge in [0, 0.05) is 0 Å². The third-order valence-corrected chi connectivity index (χ3v) is 4.59. The van der Waals surface area contributed by atoms with Crippen LogP contribution < -0.4 is 0 Å². The summed E-state index contributed by atoms with van der Waals surface area (Å²) >= 11 is 0. The van der Waals surface area contributed by atoms with Gasteiger partial charge in [0.05, 0.1) is 11.5 Å². The number of rotatable bonds is 1. The van der Waals surface area contributed by atoms with E-state index in [1.54, 1.807) is 0 Å². The molecule has 1 heteroatoms. The molecule has 0 aromatic carbocycles. The summed E-state index contributed by atoms with van der Waals surface area (Å²) in [4.78, 5) is 0.